The Kier molecular flexibility index (Phi) is 4.59. The van der Waals surface area contributed by atoms with E-state index in [0.29, 0.717) is 10.2 Å². The minimum atomic E-state index is -3.75. The van der Waals surface area contributed by atoms with Gasteiger partial charge < -0.3 is 5.32 Å². The molecule has 0 saturated carbocycles. The van der Waals surface area contributed by atoms with Gasteiger partial charge >= 0.3 is 0 Å². The van der Waals surface area contributed by atoms with Gasteiger partial charge in [0.1, 0.15) is 5.75 Å². The molecule has 136 valence electrons. The molecule has 0 aliphatic heterocycles. The zero-order valence-corrected chi connectivity index (χ0v) is 16.2. The minimum absolute atomic E-state index is 0.0531. The number of aromatic nitrogens is 1. The van der Waals surface area contributed by atoms with Gasteiger partial charge in [-0.15, -0.1) is 0 Å². The number of amides is 1. The predicted octanol–water partition coefficient (Wildman–Crippen LogP) is 4.52. The molecule has 1 amide bonds. The first-order valence-electron chi connectivity index (χ1n) is 7.99. The average molecular weight is 417 g/mol. The number of hydrogen-bond acceptors (Lipinski definition) is 5. The van der Waals surface area contributed by atoms with E-state index < -0.39 is 21.5 Å². The predicted molar refractivity (Wildman–Crippen MR) is 109 cm³/mol. The number of thiazole rings is 1. The lowest BCUT2D eigenvalue weighted by molar-refractivity contribution is -0.113. The van der Waals surface area contributed by atoms with Gasteiger partial charge in [0.05, 0.1) is 15.1 Å². The molecule has 1 heterocycles. The number of nitrogens with zero attached hydrogens (tertiary/aromatic N) is 1. The summed E-state index contributed by atoms with van der Waals surface area (Å²) in [5.74, 6) is -1.29. The fourth-order valence-corrected chi connectivity index (χ4v) is 4.93. The van der Waals surface area contributed by atoms with Gasteiger partial charge in [-0.1, -0.05) is 53.3 Å². The van der Waals surface area contributed by atoms with Crippen LogP contribution in [-0.4, -0.2) is 25.1 Å². The summed E-state index contributed by atoms with van der Waals surface area (Å²) < 4.78 is 25.7. The highest BCUT2D eigenvalue weighted by molar-refractivity contribution is 7.92. The summed E-state index contributed by atoms with van der Waals surface area (Å²) in [6.45, 7) is 0. The van der Waals surface area contributed by atoms with Crippen molar-refractivity contribution in [2.45, 2.75) is 4.90 Å². The standard InChI is InChI=1S/C19H13ClN2O3S2/c20-13-6-8-14(9-7-13)27(24,25)11-17(23)21-19-22-18-15-4-2-1-3-12(15)5-10-16(18)26-19/h1-10H,11H2,(H,21,22,23). The van der Waals surface area contributed by atoms with Crippen LogP contribution in [0, 0.1) is 0 Å². The molecule has 0 unspecified atom stereocenters. The van der Waals surface area contributed by atoms with E-state index in [4.69, 9.17) is 11.6 Å². The first-order chi connectivity index (χ1) is 12.9. The number of carbonyl (C=O) groups excluding carboxylic acids is 1. The molecule has 5 nitrogen and oxygen atoms in total. The number of carbonyl (C=O) groups is 1. The van der Waals surface area contributed by atoms with E-state index in [2.05, 4.69) is 10.3 Å². The Hall–Kier alpha value is -2.48. The second-order valence-corrected chi connectivity index (χ2v) is 9.37. The van der Waals surface area contributed by atoms with Crippen LogP contribution in [0.15, 0.2) is 65.6 Å². The quantitative estimate of drug-likeness (QED) is 0.530. The topological polar surface area (TPSA) is 76.1 Å². The number of nitrogens with one attached hydrogen (secondary N) is 1. The van der Waals surface area contributed by atoms with Crippen LogP contribution < -0.4 is 5.32 Å². The van der Waals surface area contributed by atoms with Crippen LogP contribution in [0.4, 0.5) is 5.13 Å². The third-order valence-corrected chi connectivity index (χ3v) is 6.84. The largest absolute Gasteiger partial charge is 0.301 e. The summed E-state index contributed by atoms with van der Waals surface area (Å²) in [5.41, 5.74) is 0.786. The number of anilines is 1. The van der Waals surface area contributed by atoms with Crippen molar-refractivity contribution in [3.05, 3.63) is 65.7 Å². The van der Waals surface area contributed by atoms with Crippen molar-refractivity contribution in [1.82, 2.24) is 4.98 Å². The van der Waals surface area contributed by atoms with Gasteiger partial charge in [0.2, 0.25) is 5.91 Å². The van der Waals surface area contributed by atoms with Crippen LogP contribution in [-0.2, 0) is 14.6 Å². The Morgan fingerprint density at radius 1 is 1.04 bits per heavy atom. The summed E-state index contributed by atoms with van der Waals surface area (Å²) in [6, 6.07) is 17.5. The second kappa shape index (κ2) is 6.92. The normalized spacial score (nSPS) is 11.7. The lowest BCUT2D eigenvalue weighted by Gasteiger charge is -2.04. The number of hydrogen-bond donors (Lipinski definition) is 1. The van der Waals surface area contributed by atoms with Crippen LogP contribution in [0.2, 0.25) is 5.02 Å². The van der Waals surface area contributed by atoms with E-state index >= 15 is 0 Å². The summed E-state index contributed by atoms with van der Waals surface area (Å²) in [5, 5.41) is 5.44. The molecule has 4 rings (SSSR count). The minimum Gasteiger partial charge on any atom is -0.301 e. The van der Waals surface area contributed by atoms with Crippen molar-refractivity contribution in [2.24, 2.45) is 0 Å². The highest BCUT2D eigenvalue weighted by Crippen LogP contribution is 2.31. The second-order valence-electron chi connectivity index (χ2n) is 5.91. The maximum atomic E-state index is 12.4. The molecule has 0 radical (unpaired) electrons. The molecule has 0 saturated heterocycles. The number of benzene rings is 3. The Morgan fingerprint density at radius 2 is 1.78 bits per heavy atom. The van der Waals surface area contributed by atoms with E-state index in [1.807, 2.05) is 36.4 Å². The van der Waals surface area contributed by atoms with Gasteiger partial charge in [0.25, 0.3) is 0 Å². The molecule has 0 fully saturated rings. The Morgan fingerprint density at radius 3 is 2.56 bits per heavy atom. The Labute approximate surface area is 164 Å². The molecule has 0 aliphatic carbocycles. The van der Waals surface area contributed by atoms with E-state index in [-0.39, 0.29) is 4.90 Å². The SMILES string of the molecule is O=C(CS(=O)(=O)c1ccc(Cl)cc1)Nc1nc2c(ccc3ccccc32)s1. The maximum Gasteiger partial charge on any atom is 0.241 e. The highest BCUT2D eigenvalue weighted by Gasteiger charge is 2.20. The zero-order valence-electron chi connectivity index (χ0n) is 13.8. The zero-order chi connectivity index (χ0) is 19.0. The van der Waals surface area contributed by atoms with E-state index in [1.165, 1.54) is 35.6 Å². The smallest absolute Gasteiger partial charge is 0.241 e. The van der Waals surface area contributed by atoms with Crippen LogP contribution in [0.1, 0.15) is 0 Å². The van der Waals surface area contributed by atoms with Gasteiger partial charge in [-0.05, 0) is 35.7 Å². The number of rotatable bonds is 4. The fourth-order valence-electron chi connectivity index (χ4n) is 2.77. The van der Waals surface area contributed by atoms with Crippen LogP contribution in [0.3, 0.4) is 0 Å². The van der Waals surface area contributed by atoms with Crippen molar-refractivity contribution in [1.29, 1.82) is 0 Å². The van der Waals surface area contributed by atoms with Crippen molar-refractivity contribution in [3.8, 4) is 0 Å². The van der Waals surface area contributed by atoms with Gasteiger partial charge in [0, 0.05) is 10.4 Å². The van der Waals surface area contributed by atoms with Gasteiger partial charge in [-0.2, -0.15) is 0 Å². The molecule has 3 aromatic carbocycles. The molecular weight excluding hydrogens is 404 g/mol. The molecule has 27 heavy (non-hydrogen) atoms. The third kappa shape index (κ3) is 3.66. The van der Waals surface area contributed by atoms with Gasteiger partial charge in [0.15, 0.2) is 15.0 Å². The van der Waals surface area contributed by atoms with Gasteiger partial charge in [-0.25, -0.2) is 13.4 Å². The number of fused-ring (bicyclic) bond motifs is 3. The monoisotopic (exact) mass is 416 g/mol. The first-order valence-corrected chi connectivity index (χ1v) is 10.8. The van der Waals surface area contributed by atoms with Crippen molar-refractivity contribution in [3.63, 3.8) is 0 Å². The van der Waals surface area contributed by atoms with Gasteiger partial charge in [-0.3, -0.25) is 4.79 Å². The number of halogens is 1. The summed E-state index contributed by atoms with van der Waals surface area (Å²) in [7, 11) is -3.75. The Balaban J connectivity index is 1.57. The Bertz CT molecular complexity index is 1270. The van der Waals surface area contributed by atoms with Crippen molar-refractivity contribution >= 4 is 64.8 Å². The number of sulfone groups is 1. The van der Waals surface area contributed by atoms with Crippen molar-refractivity contribution in [2.75, 3.05) is 11.1 Å². The third-order valence-electron chi connectivity index (χ3n) is 4.02. The molecule has 0 atom stereocenters. The van der Waals surface area contributed by atoms with Crippen molar-refractivity contribution < 1.29 is 13.2 Å². The van der Waals surface area contributed by atoms with E-state index in [1.54, 1.807) is 0 Å². The molecular formula is C19H13ClN2O3S2. The summed E-state index contributed by atoms with van der Waals surface area (Å²) >= 11 is 7.08. The fraction of sp³-hybridized carbons (Fsp3) is 0.0526. The summed E-state index contributed by atoms with van der Waals surface area (Å²) in [4.78, 5) is 16.8. The molecule has 1 aromatic heterocycles. The highest BCUT2D eigenvalue weighted by atomic mass is 35.5. The first kappa shape index (κ1) is 17.9. The maximum absolute atomic E-state index is 12.4. The molecule has 0 aliphatic rings. The lowest BCUT2D eigenvalue weighted by Crippen LogP contribution is -2.22. The molecule has 4 aromatic rings. The lowest BCUT2D eigenvalue weighted by atomic mass is 10.1. The molecule has 0 bridgehead atoms. The van der Waals surface area contributed by atoms with E-state index in [0.717, 1.165) is 21.0 Å². The molecule has 0 spiro atoms. The molecule has 1 N–H and O–H groups in total. The van der Waals surface area contributed by atoms with Crippen LogP contribution in [0.25, 0.3) is 21.0 Å². The van der Waals surface area contributed by atoms with Crippen LogP contribution in [0.5, 0.6) is 0 Å². The summed E-state index contributed by atoms with van der Waals surface area (Å²) in [6.07, 6.45) is 0. The average Bonchev–Trinajstić information content (AvgIpc) is 3.04. The molecule has 8 heteroatoms. The van der Waals surface area contributed by atoms with Crippen LogP contribution >= 0.6 is 22.9 Å². The van der Waals surface area contributed by atoms with E-state index in [9.17, 15) is 13.2 Å².